The van der Waals surface area contributed by atoms with Crippen molar-refractivity contribution in [3.05, 3.63) is 28.7 Å². The van der Waals surface area contributed by atoms with Gasteiger partial charge in [-0.2, -0.15) is 0 Å². The third-order valence-electron chi connectivity index (χ3n) is 5.12. The number of carbonyl (C=O) groups is 1. The van der Waals surface area contributed by atoms with Crippen LogP contribution in [0.15, 0.2) is 33.7 Å². The third kappa shape index (κ3) is 6.50. The maximum atomic E-state index is 12.2. The number of carbonyl (C=O) groups excluding carboxylic acids is 1. The van der Waals surface area contributed by atoms with E-state index in [4.69, 9.17) is 0 Å². The lowest BCUT2D eigenvalue weighted by Gasteiger charge is -2.21. The van der Waals surface area contributed by atoms with Gasteiger partial charge in [-0.25, -0.2) is 0 Å². The standard InChI is InChI=1S/C20H30BrN5O.HI/c1-2-22-20(23-11-9-19(27)25-12-5-6-13-25)24-16-10-14-26(15-16)18-8-4-3-7-17(18)21;/h3-4,7-8,16H,2,5-6,9-15H2,1H3,(H2,22,23,24);1H. The second-order valence-corrected chi connectivity index (χ2v) is 7.98. The molecule has 0 bridgehead atoms. The number of nitrogens with zero attached hydrogens (tertiary/aromatic N) is 3. The quantitative estimate of drug-likeness (QED) is 0.317. The first-order valence-electron chi connectivity index (χ1n) is 9.99. The molecular formula is C20H31BrIN5O. The van der Waals surface area contributed by atoms with Crippen LogP contribution in [0, 0.1) is 0 Å². The molecule has 1 amide bonds. The predicted molar refractivity (Wildman–Crippen MR) is 130 cm³/mol. The minimum atomic E-state index is 0. The average molecular weight is 564 g/mol. The smallest absolute Gasteiger partial charge is 0.224 e. The van der Waals surface area contributed by atoms with E-state index in [9.17, 15) is 4.79 Å². The summed E-state index contributed by atoms with van der Waals surface area (Å²) in [6.45, 7) is 7.20. The number of rotatable bonds is 6. The molecule has 2 saturated heterocycles. The highest BCUT2D eigenvalue weighted by Crippen LogP contribution is 2.28. The lowest BCUT2D eigenvalue weighted by Crippen LogP contribution is -2.44. The third-order valence-corrected chi connectivity index (χ3v) is 5.79. The van der Waals surface area contributed by atoms with Gasteiger partial charge < -0.3 is 20.4 Å². The van der Waals surface area contributed by atoms with Crippen molar-refractivity contribution < 1.29 is 4.79 Å². The van der Waals surface area contributed by atoms with Crippen LogP contribution >= 0.6 is 39.9 Å². The lowest BCUT2D eigenvalue weighted by molar-refractivity contribution is -0.129. The Morgan fingerprint density at radius 2 is 2.00 bits per heavy atom. The van der Waals surface area contributed by atoms with E-state index in [0.717, 1.165) is 62.4 Å². The fourth-order valence-electron chi connectivity index (χ4n) is 3.71. The first-order chi connectivity index (χ1) is 13.2. The van der Waals surface area contributed by atoms with Crippen molar-refractivity contribution >= 4 is 57.5 Å². The second-order valence-electron chi connectivity index (χ2n) is 7.13. The fraction of sp³-hybridized carbons (Fsp3) is 0.600. The summed E-state index contributed by atoms with van der Waals surface area (Å²) in [7, 11) is 0. The van der Waals surface area contributed by atoms with Crippen molar-refractivity contribution in [1.82, 2.24) is 15.5 Å². The maximum absolute atomic E-state index is 12.2. The zero-order valence-corrected chi connectivity index (χ0v) is 20.4. The Labute approximate surface area is 193 Å². The molecule has 0 saturated carbocycles. The van der Waals surface area contributed by atoms with Crippen molar-refractivity contribution in [2.75, 3.05) is 44.2 Å². The highest BCUT2D eigenvalue weighted by Gasteiger charge is 2.24. The van der Waals surface area contributed by atoms with Crippen molar-refractivity contribution in [3.63, 3.8) is 0 Å². The van der Waals surface area contributed by atoms with Crippen LogP contribution < -0.4 is 15.5 Å². The molecule has 1 unspecified atom stereocenters. The van der Waals surface area contributed by atoms with E-state index in [1.165, 1.54) is 5.69 Å². The van der Waals surface area contributed by atoms with Crippen LogP contribution in [0.3, 0.4) is 0 Å². The molecule has 1 aromatic carbocycles. The van der Waals surface area contributed by atoms with Crippen LogP contribution in [-0.4, -0.2) is 62.1 Å². The van der Waals surface area contributed by atoms with E-state index in [-0.39, 0.29) is 29.9 Å². The summed E-state index contributed by atoms with van der Waals surface area (Å²) in [6.07, 6.45) is 3.83. The summed E-state index contributed by atoms with van der Waals surface area (Å²) in [6, 6.07) is 8.70. The van der Waals surface area contributed by atoms with Crippen LogP contribution in [-0.2, 0) is 4.79 Å². The van der Waals surface area contributed by atoms with Crippen LogP contribution in [0.2, 0.25) is 0 Å². The molecule has 8 heteroatoms. The zero-order valence-electron chi connectivity index (χ0n) is 16.5. The molecular weight excluding hydrogens is 533 g/mol. The average Bonchev–Trinajstić information content (AvgIpc) is 3.34. The Morgan fingerprint density at radius 1 is 1.25 bits per heavy atom. The predicted octanol–water partition coefficient (Wildman–Crippen LogP) is 3.21. The molecule has 2 N–H and O–H groups in total. The summed E-state index contributed by atoms with van der Waals surface area (Å²) < 4.78 is 1.13. The van der Waals surface area contributed by atoms with Crippen LogP contribution in [0.1, 0.15) is 32.6 Å². The first kappa shape index (κ1) is 23.3. The van der Waals surface area contributed by atoms with Crippen LogP contribution in [0.5, 0.6) is 0 Å². The number of likely N-dealkylation sites (tertiary alicyclic amines) is 1. The molecule has 1 atom stereocenters. The molecule has 0 radical (unpaired) electrons. The Hall–Kier alpha value is -1.03. The van der Waals surface area contributed by atoms with Gasteiger partial charge in [0.25, 0.3) is 0 Å². The van der Waals surface area contributed by atoms with Gasteiger partial charge in [0.15, 0.2) is 5.96 Å². The summed E-state index contributed by atoms with van der Waals surface area (Å²) >= 11 is 3.64. The Bertz CT molecular complexity index is 666. The molecule has 2 fully saturated rings. The summed E-state index contributed by atoms with van der Waals surface area (Å²) in [4.78, 5) is 21.1. The number of aliphatic imine (C=N–C) groups is 1. The van der Waals surface area contributed by atoms with Crippen LogP contribution in [0.25, 0.3) is 0 Å². The van der Waals surface area contributed by atoms with E-state index < -0.39 is 0 Å². The number of hydrogen-bond donors (Lipinski definition) is 2. The van der Waals surface area contributed by atoms with Gasteiger partial charge in [0.2, 0.25) is 5.91 Å². The van der Waals surface area contributed by atoms with Gasteiger partial charge in [0, 0.05) is 49.7 Å². The number of nitrogens with one attached hydrogen (secondary N) is 2. The van der Waals surface area contributed by atoms with Crippen molar-refractivity contribution in [2.45, 2.75) is 38.6 Å². The number of amides is 1. The molecule has 6 nitrogen and oxygen atoms in total. The molecule has 2 aliphatic heterocycles. The Kier molecular flexibility index (Phi) is 9.84. The van der Waals surface area contributed by atoms with Gasteiger partial charge in [-0.05, 0) is 54.2 Å². The summed E-state index contributed by atoms with van der Waals surface area (Å²) in [5.74, 6) is 1.04. The monoisotopic (exact) mass is 563 g/mol. The SMILES string of the molecule is CCNC(=NCCC(=O)N1CCCC1)NC1CCN(c2ccccc2Br)C1.I. The summed E-state index contributed by atoms with van der Waals surface area (Å²) in [5, 5.41) is 6.84. The molecule has 3 rings (SSSR count). The maximum Gasteiger partial charge on any atom is 0.224 e. The molecule has 0 spiro atoms. The van der Waals surface area contributed by atoms with Crippen molar-refractivity contribution in [2.24, 2.45) is 4.99 Å². The van der Waals surface area contributed by atoms with E-state index in [1.807, 2.05) is 11.0 Å². The van der Waals surface area contributed by atoms with Crippen molar-refractivity contribution in [1.29, 1.82) is 0 Å². The molecule has 0 aliphatic carbocycles. The van der Waals surface area contributed by atoms with E-state index in [2.05, 4.69) is 61.6 Å². The van der Waals surface area contributed by atoms with Gasteiger partial charge in [-0.15, -0.1) is 24.0 Å². The number of anilines is 1. The Morgan fingerprint density at radius 3 is 2.71 bits per heavy atom. The molecule has 0 aromatic heterocycles. The fourth-order valence-corrected chi connectivity index (χ4v) is 4.24. The minimum absolute atomic E-state index is 0. The van der Waals surface area contributed by atoms with Gasteiger partial charge in [0.1, 0.15) is 0 Å². The van der Waals surface area contributed by atoms with Gasteiger partial charge >= 0.3 is 0 Å². The molecule has 28 heavy (non-hydrogen) atoms. The normalized spacial score (nSPS) is 19.5. The number of hydrogen-bond acceptors (Lipinski definition) is 3. The lowest BCUT2D eigenvalue weighted by atomic mass is 10.2. The van der Waals surface area contributed by atoms with E-state index in [0.29, 0.717) is 19.0 Å². The first-order valence-corrected chi connectivity index (χ1v) is 10.8. The van der Waals surface area contributed by atoms with Crippen molar-refractivity contribution in [3.8, 4) is 0 Å². The minimum Gasteiger partial charge on any atom is -0.368 e. The zero-order chi connectivity index (χ0) is 19.1. The van der Waals surface area contributed by atoms with Gasteiger partial charge in [0.05, 0.1) is 12.2 Å². The molecule has 156 valence electrons. The number of guanidine groups is 1. The largest absolute Gasteiger partial charge is 0.368 e. The summed E-state index contributed by atoms with van der Waals surface area (Å²) in [5.41, 5.74) is 1.24. The molecule has 2 heterocycles. The highest BCUT2D eigenvalue weighted by molar-refractivity contribution is 14.0. The van der Waals surface area contributed by atoms with Gasteiger partial charge in [-0.3, -0.25) is 9.79 Å². The second kappa shape index (κ2) is 11.8. The number of halogens is 2. The number of para-hydroxylation sites is 1. The molecule has 2 aliphatic rings. The van der Waals surface area contributed by atoms with E-state index in [1.54, 1.807) is 0 Å². The molecule has 1 aromatic rings. The Balaban J connectivity index is 0.00000280. The number of benzene rings is 1. The van der Waals surface area contributed by atoms with Crippen LogP contribution in [0.4, 0.5) is 5.69 Å². The highest BCUT2D eigenvalue weighted by atomic mass is 127. The topological polar surface area (TPSA) is 60.0 Å². The van der Waals surface area contributed by atoms with Gasteiger partial charge in [-0.1, -0.05) is 12.1 Å². The van der Waals surface area contributed by atoms with E-state index >= 15 is 0 Å².